The maximum atomic E-state index is 12.6. The van der Waals surface area contributed by atoms with E-state index >= 15 is 0 Å². The molecule has 0 spiro atoms. The molecule has 1 aromatic carbocycles. The number of nitrogens with zero attached hydrogens (tertiary/aromatic N) is 3. The maximum absolute atomic E-state index is 12.6. The number of hydrogen-bond acceptors (Lipinski definition) is 8. The van der Waals surface area contributed by atoms with Crippen LogP contribution >= 0.6 is 23.1 Å². The van der Waals surface area contributed by atoms with Crippen molar-refractivity contribution in [3.8, 4) is 10.7 Å². The topological polar surface area (TPSA) is 95.3 Å². The number of aromatic nitrogens is 3. The van der Waals surface area contributed by atoms with Crippen LogP contribution in [0.3, 0.4) is 0 Å². The Hall–Kier alpha value is -2.69. The number of thioether (sulfide) groups is 1. The van der Waals surface area contributed by atoms with Gasteiger partial charge in [-0.25, -0.2) is 4.79 Å². The van der Waals surface area contributed by atoms with Gasteiger partial charge in [0, 0.05) is 6.61 Å². The minimum atomic E-state index is -0.500. The van der Waals surface area contributed by atoms with E-state index in [1.165, 1.54) is 18.9 Å². The van der Waals surface area contributed by atoms with Gasteiger partial charge in [-0.15, -0.1) is 21.5 Å². The number of carbonyl (C=O) groups is 2. The number of ether oxygens (including phenoxy) is 2. The van der Waals surface area contributed by atoms with Crippen LogP contribution in [0, 0.1) is 0 Å². The van der Waals surface area contributed by atoms with E-state index in [-0.39, 0.29) is 17.8 Å². The molecule has 0 radical (unpaired) electrons. The molecule has 0 bridgehead atoms. The molecule has 10 heteroatoms. The summed E-state index contributed by atoms with van der Waals surface area (Å²) in [4.78, 5) is 25.5. The number of nitrogens with one attached hydrogen (secondary N) is 1. The summed E-state index contributed by atoms with van der Waals surface area (Å²) in [7, 11) is 1.31. The molecule has 4 rings (SSSR count). The Morgan fingerprint density at radius 1 is 1.29 bits per heavy atom. The lowest BCUT2D eigenvalue weighted by Gasteiger charge is -2.14. The third-order valence-electron chi connectivity index (χ3n) is 4.81. The molecule has 0 unspecified atom stereocenters. The second-order valence-corrected chi connectivity index (χ2v) is 8.79. The Bertz CT molecular complexity index is 1050. The monoisotopic (exact) mass is 458 g/mol. The van der Waals surface area contributed by atoms with Crippen molar-refractivity contribution in [1.29, 1.82) is 0 Å². The number of rotatable bonds is 8. The minimum Gasteiger partial charge on any atom is -0.465 e. The number of thiophene rings is 1. The fourth-order valence-electron chi connectivity index (χ4n) is 3.34. The van der Waals surface area contributed by atoms with E-state index in [0.29, 0.717) is 23.0 Å². The molecular formula is C21H22N4O4S2. The molecule has 1 atom stereocenters. The summed E-state index contributed by atoms with van der Waals surface area (Å²) in [5.41, 5.74) is 0.727. The molecule has 2 aromatic heterocycles. The predicted molar refractivity (Wildman–Crippen MR) is 119 cm³/mol. The summed E-state index contributed by atoms with van der Waals surface area (Å²) < 4.78 is 12.6. The molecule has 1 saturated heterocycles. The van der Waals surface area contributed by atoms with Gasteiger partial charge in [0.05, 0.1) is 41.6 Å². The van der Waals surface area contributed by atoms with Gasteiger partial charge >= 0.3 is 5.97 Å². The van der Waals surface area contributed by atoms with Gasteiger partial charge in [-0.1, -0.05) is 30.0 Å². The average Bonchev–Trinajstić information content (AvgIpc) is 3.55. The van der Waals surface area contributed by atoms with Crippen molar-refractivity contribution < 1.29 is 19.1 Å². The molecule has 8 nitrogen and oxygen atoms in total. The zero-order valence-corrected chi connectivity index (χ0v) is 18.6. The number of anilines is 1. The summed E-state index contributed by atoms with van der Waals surface area (Å²) in [6, 6.07) is 10.7. The number of para-hydroxylation sites is 1. The standard InChI is InChI=1S/C21H22N4O4S2/c1-28-20(27)15-7-2-3-8-16(15)22-18(26)13-31-21-24-23-19(17-9-5-11-30-17)25(21)12-14-6-4-10-29-14/h2-3,5,7-9,11,14H,4,6,10,12-13H2,1H3,(H,22,26)/t14-/m0/s1. The van der Waals surface area contributed by atoms with Gasteiger partial charge in [0.15, 0.2) is 11.0 Å². The minimum absolute atomic E-state index is 0.120. The SMILES string of the molecule is COC(=O)c1ccccc1NC(=O)CSc1nnc(-c2cccs2)n1C[C@@H]1CCCO1. The normalized spacial score (nSPS) is 15.7. The highest BCUT2D eigenvalue weighted by Gasteiger charge is 2.23. The van der Waals surface area contributed by atoms with Gasteiger partial charge in [-0.05, 0) is 36.4 Å². The third-order valence-corrected chi connectivity index (χ3v) is 6.64. The highest BCUT2D eigenvalue weighted by molar-refractivity contribution is 7.99. The Morgan fingerprint density at radius 3 is 2.90 bits per heavy atom. The second kappa shape index (κ2) is 10.1. The van der Waals surface area contributed by atoms with Crippen molar-refractivity contribution in [2.45, 2.75) is 30.6 Å². The lowest BCUT2D eigenvalue weighted by molar-refractivity contribution is -0.113. The molecule has 162 valence electrons. The fraction of sp³-hybridized carbons (Fsp3) is 0.333. The number of carbonyl (C=O) groups excluding carboxylic acids is 2. The van der Waals surface area contributed by atoms with E-state index in [1.54, 1.807) is 35.6 Å². The first-order valence-electron chi connectivity index (χ1n) is 9.84. The van der Waals surface area contributed by atoms with Crippen molar-refractivity contribution in [3.63, 3.8) is 0 Å². The van der Waals surface area contributed by atoms with Crippen molar-refractivity contribution in [1.82, 2.24) is 14.8 Å². The third kappa shape index (κ3) is 5.15. The number of amides is 1. The van der Waals surface area contributed by atoms with Gasteiger partial charge in [0.1, 0.15) is 0 Å². The average molecular weight is 459 g/mol. The highest BCUT2D eigenvalue weighted by atomic mass is 32.2. The van der Waals surface area contributed by atoms with Crippen LogP contribution in [-0.4, -0.2) is 52.2 Å². The molecule has 1 amide bonds. The Morgan fingerprint density at radius 2 is 2.16 bits per heavy atom. The number of benzene rings is 1. The van der Waals surface area contributed by atoms with Crippen molar-refractivity contribution in [3.05, 3.63) is 47.3 Å². The van der Waals surface area contributed by atoms with Gasteiger partial charge in [-0.3, -0.25) is 9.36 Å². The zero-order chi connectivity index (χ0) is 21.6. The van der Waals surface area contributed by atoms with E-state index in [4.69, 9.17) is 9.47 Å². The first-order valence-corrected chi connectivity index (χ1v) is 11.7. The van der Waals surface area contributed by atoms with Crippen LogP contribution in [0.1, 0.15) is 23.2 Å². The highest BCUT2D eigenvalue weighted by Crippen LogP contribution is 2.29. The first-order chi connectivity index (χ1) is 15.2. The van der Waals surface area contributed by atoms with Gasteiger partial charge in [0.2, 0.25) is 5.91 Å². The fourth-order valence-corrected chi connectivity index (χ4v) is 4.80. The Labute approximate surface area is 188 Å². The van der Waals surface area contributed by atoms with E-state index in [1.807, 2.05) is 22.1 Å². The quantitative estimate of drug-likeness (QED) is 0.406. The molecule has 1 aliphatic heterocycles. The molecule has 1 aliphatic rings. The number of hydrogen-bond donors (Lipinski definition) is 1. The van der Waals surface area contributed by atoms with Crippen molar-refractivity contribution >= 4 is 40.7 Å². The van der Waals surface area contributed by atoms with E-state index in [2.05, 4.69) is 15.5 Å². The largest absolute Gasteiger partial charge is 0.465 e. The number of esters is 1. The molecule has 0 saturated carbocycles. The van der Waals surface area contributed by atoms with Crippen LogP contribution in [0.15, 0.2) is 46.9 Å². The summed E-state index contributed by atoms with van der Waals surface area (Å²) in [6.45, 7) is 1.42. The maximum Gasteiger partial charge on any atom is 0.339 e. The van der Waals surface area contributed by atoms with Crippen LogP contribution in [0.4, 0.5) is 5.69 Å². The Kier molecular flexibility index (Phi) is 7.00. The van der Waals surface area contributed by atoms with Crippen LogP contribution in [0.25, 0.3) is 10.7 Å². The number of methoxy groups -OCH3 is 1. The smallest absolute Gasteiger partial charge is 0.339 e. The van der Waals surface area contributed by atoms with Crippen LogP contribution in [-0.2, 0) is 20.8 Å². The van der Waals surface area contributed by atoms with Gasteiger partial charge < -0.3 is 14.8 Å². The van der Waals surface area contributed by atoms with Crippen LogP contribution < -0.4 is 5.32 Å². The van der Waals surface area contributed by atoms with Crippen LogP contribution in [0.5, 0.6) is 0 Å². The molecule has 3 aromatic rings. The lowest BCUT2D eigenvalue weighted by atomic mass is 10.2. The van der Waals surface area contributed by atoms with Gasteiger partial charge in [-0.2, -0.15) is 0 Å². The lowest BCUT2D eigenvalue weighted by Crippen LogP contribution is -2.19. The molecule has 1 N–H and O–H groups in total. The molecule has 31 heavy (non-hydrogen) atoms. The van der Waals surface area contributed by atoms with Crippen molar-refractivity contribution in [2.75, 3.05) is 24.8 Å². The van der Waals surface area contributed by atoms with E-state index in [9.17, 15) is 9.59 Å². The zero-order valence-electron chi connectivity index (χ0n) is 16.9. The van der Waals surface area contributed by atoms with Crippen LogP contribution in [0.2, 0.25) is 0 Å². The summed E-state index contributed by atoms with van der Waals surface area (Å²) in [5.74, 6) is 0.166. The molecule has 1 fully saturated rings. The summed E-state index contributed by atoms with van der Waals surface area (Å²) in [5, 5.41) is 14.1. The van der Waals surface area contributed by atoms with Gasteiger partial charge in [0.25, 0.3) is 0 Å². The van der Waals surface area contributed by atoms with E-state index in [0.717, 1.165) is 30.2 Å². The Balaban J connectivity index is 1.47. The van der Waals surface area contributed by atoms with E-state index < -0.39 is 5.97 Å². The molecule has 0 aliphatic carbocycles. The summed E-state index contributed by atoms with van der Waals surface area (Å²) >= 11 is 2.90. The first kappa shape index (κ1) is 21.5. The molecule has 3 heterocycles. The molecular weight excluding hydrogens is 436 g/mol. The van der Waals surface area contributed by atoms with Crippen molar-refractivity contribution in [2.24, 2.45) is 0 Å². The summed E-state index contributed by atoms with van der Waals surface area (Å²) in [6.07, 6.45) is 2.16. The second-order valence-electron chi connectivity index (χ2n) is 6.90. The predicted octanol–water partition coefficient (Wildman–Crippen LogP) is 3.70.